The number of hydrogen-bond donors (Lipinski definition) is 2. The molecule has 1 aliphatic heterocycles. The van der Waals surface area contributed by atoms with Crippen LogP contribution in [0.25, 0.3) is 5.57 Å². The van der Waals surface area contributed by atoms with Crippen molar-refractivity contribution in [3.8, 4) is 5.75 Å². The smallest absolute Gasteiger partial charge is 0.229 e. The van der Waals surface area contributed by atoms with Crippen LogP contribution in [0.2, 0.25) is 0 Å². The summed E-state index contributed by atoms with van der Waals surface area (Å²) >= 11 is 0. The molecule has 6 nitrogen and oxygen atoms in total. The molecule has 0 amide bonds. The van der Waals surface area contributed by atoms with Gasteiger partial charge in [-0.25, -0.2) is 4.98 Å². The number of nitrogens with zero attached hydrogens (tertiary/aromatic N) is 3. The standard InChI is InChI=1S/C19H25N5O/c1-13-10-18(20-2)23-19(21-13)22-15-7-8-17(25-4)16(11-15)14-6-5-9-24(3)12-14/h6-8,10-11H,5,9,12H2,1-4H3,(H2,20,21,22,23). The minimum atomic E-state index is 0.579. The number of benzene rings is 1. The molecular formula is C19H25N5O. The zero-order valence-corrected chi connectivity index (χ0v) is 15.3. The van der Waals surface area contributed by atoms with Crippen molar-refractivity contribution in [1.82, 2.24) is 14.9 Å². The maximum atomic E-state index is 5.57. The quantitative estimate of drug-likeness (QED) is 0.871. The second-order valence-electron chi connectivity index (χ2n) is 6.26. The molecule has 0 spiro atoms. The van der Waals surface area contributed by atoms with Gasteiger partial charge in [-0.1, -0.05) is 6.08 Å². The Morgan fingerprint density at radius 2 is 2.04 bits per heavy atom. The van der Waals surface area contributed by atoms with Gasteiger partial charge < -0.3 is 20.3 Å². The molecule has 1 aromatic carbocycles. The molecule has 0 aliphatic carbocycles. The lowest BCUT2D eigenvalue weighted by molar-refractivity contribution is 0.370. The van der Waals surface area contributed by atoms with Gasteiger partial charge in [0.25, 0.3) is 0 Å². The fraction of sp³-hybridized carbons (Fsp3) is 0.368. The third kappa shape index (κ3) is 4.09. The Morgan fingerprint density at radius 1 is 1.20 bits per heavy atom. The van der Waals surface area contributed by atoms with E-state index in [1.165, 1.54) is 5.57 Å². The van der Waals surface area contributed by atoms with Crippen LogP contribution in [0.4, 0.5) is 17.5 Å². The highest BCUT2D eigenvalue weighted by molar-refractivity contribution is 5.76. The fourth-order valence-electron chi connectivity index (χ4n) is 3.01. The zero-order chi connectivity index (χ0) is 17.8. The first kappa shape index (κ1) is 17.2. The summed E-state index contributed by atoms with van der Waals surface area (Å²) in [7, 11) is 5.70. The molecule has 0 radical (unpaired) electrons. The van der Waals surface area contributed by atoms with Gasteiger partial charge in [0.1, 0.15) is 11.6 Å². The molecule has 0 saturated heterocycles. The van der Waals surface area contributed by atoms with E-state index in [0.717, 1.165) is 48.0 Å². The van der Waals surface area contributed by atoms with Gasteiger partial charge >= 0.3 is 0 Å². The summed E-state index contributed by atoms with van der Waals surface area (Å²) in [6, 6.07) is 7.99. The van der Waals surface area contributed by atoms with E-state index in [0.29, 0.717) is 5.95 Å². The SMILES string of the molecule is CNc1cc(C)nc(Nc2ccc(OC)c(C3=CCCN(C)C3)c2)n1. The Bertz CT molecular complexity index is 787. The summed E-state index contributed by atoms with van der Waals surface area (Å²) in [5.74, 6) is 2.25. The lowest BCUT2D eigenvalue weighted by Gasteiger charge is -2.24. The summed E-state index contributed by atoms with van der Waals surface area (Å²) in [6.45, 7) is 3.97. The predicted octanol–water partition coefficient (Wildman–Crippen LogP) is 3.30. The van der Waals surface area contributed by atoms with Gasteiger partial charge in [-0.15, -0.1) is 0 Å². The molecule has 0 atom stereocenters. The van der Waals surface area contributed by atoms with Crippen LogP contribution in [0.15, 0.2) is 30.3 Å². The molecule has 25 heavy (non-hydrogen) atoms. The van der Waals surface area contributed by atoms with E-state index in [2.05, 4.69) is 44.7 Å². The van der Waals surface area contributed by atoms with Crippen molar-refractivity contribution in [3.05, 3.63) is 41.6 Å². The van der Waals surface area contributed by atoms with Gasteiger partial charge in [0.05, 0.1) is 7.11 Å². The molecule has 0 fully saturated rings. The predicted molar refractivity (Wildman–Crippen MR) is 103 cm³/mol. The second-order valence-corrected chi connectivity index (χ2v) is 6.26. The maximum absolute atomic E-state index is 5.57. The van der Waals surface area contributed by atoms with Crippen LogP contribution in [-0.2, 0) is 0 Å². The van der Waals surface area contributed by atoms with E-state index in [1.807, 2.05) is 32.2 Å². The Balaban J connectivity index is 1.92. The summed E-state index contributed by atoms with van der Waals surface area (Å²) < 4.78 is 5.57. The van der Waals surface area contributed by atoms with Crippen LogP contribution in [-0.4, -0.2) is 49.2 Å². The normalized spacial score (nSPS) is 14.8. The largest absolute Gasteiger partial charge is 0.496 e. The number of nitrogens with one attached hydrogen (secondary N) is 2. The summed E-state index contributed by atoms with van der Waals surface area (Å²) in [4.78, 5) is 11.2. The number of aromatic nitrogens is 2. The number of hydrogen-bond acceptors (Lipinski definition) is 6. The average molecular weight is 339 g/mol. The van der Waals surface area contributed by atoms with Crippen molar-refractivity contribution in [2.75, 3.05) is 44.9 Å². The van der Waals surface area contributed by atoms with Gasteiger partial charge in [0.2, 0.25) is 5.95 Å². The van der Waals surface area contributed by atoms with Gasteiger partial charge in [-0.2, -0.15) is 4.98 Å². The number of anilines is 3. The molecular weight excluding hydrogens is 314 g/mol. The van der Waals surface area contributed by atoms with Crippen LogP contribution in [0.5, 0.6) is 5.75 Å². The molecule has 3 rings (SSSR count). The molecule has 1 aromatic heterocycles. The van der Waals surface area contributed by atoms with E-state index >= 15 is 0 Å². The summed E-state index contributed by atoms with van der Waals surface area (Å²) in [6.07, 6.45) is 3.35. The Kier molecular flexibility index (Phi) is 5.19. The summed E-state index contributed by atoms with van der Waals surface area (Å²) in [5, 5.41) is 6.36. The first-order valence-corrected chi connectivity index (χ1v) is 8.45. The molecule has 1 aliphatic rings. The van der Waals surface area contributed by atoms with Gasteiger partial charge in [0, 0.05) is 43.1 Å². The third-order valence-corrected chi connectivity index (χ3v) is 4.25. The third-order valence-electron chi connectivity index (χ3n) is 4.25. The van der Waals surface area contributed by atoms with Gasteiger partial charge in [0.15, 0.2) is 0 Å². The highest BCUT2D eigenvalue weighted by Crippen LogP contribution is 2.32. The van der Waals surface area contributed by atoms with E-state index in [9.17, 15) is 0 Å². The summed E-state index contributed by atoms with van der Waals surface area (Å²) in [5.41, 5.74) is 4.25. The number of methoxy groups -OCH3 is 1. The van der Waals surface area contributed by atoms with Crippen LogP contribution in [0, 0.1) is 6.92 Å². The van der Waals surface area contributed by atoms with E-state index in [1.54, 1.807) is 7.11 Å². The maximum Gasteiger partial charge on any atom is 0.229 e. The second kappa shape index (κ2) is 7.53. The number of likely N-dealkylation sites (N-methyl/N-ethyl adjacent to an activating group) is 1. The molecule has 0 bridgehead atoms. The van der Waals surface area contributed by atoms with Crippen molar-refractivity contribution < 1.29 is 4.74 Å². The molecule has 0 unspecified atom stereocenters. The average Bonchev–Trinajstić information content (AvgIpc) is 2.61. The van der Waals surface area contributed by atoms with Crippen LogP contribution in [0.3, 0.4) is 0 Å². The zero-order valence-electron chi connectivity index (χ0n) is 15.3. The minimum Gasteiger partial charge on any atom is -0.496 e. The van der Waals surface area contributed by atoms with E-state index in [-0.39, 0.29) is 0 Å². The lowest BCUT2D eigenvalue weighted by atomic mass is 10.00. The highest BCUT2D eigenvalue weighted by atomic mass is 16.5. The van der Waals surface area contributed by atoms with Crippen LogP contribution >= 0.6 is 0 Å². The highest BCUT2D eigenvalue weighted by Gasteiger charge is 2.15. The van der Waals surface area contributed by atoms with E-state index < -0.39 is 0 Å². The molecule has 132 valence electrons. The van der Waals surface area contributed by atoms with Crippen molar-refractivity contribution >= 4 is 23.0 Å². The molecule has 2 heterocycles. The number of rotatable bonds is 5. The number of aryl methyl sites for hydroxylation is 1. The Labute approximate surface area is 148 Å². The van der Waals surface area contributed by atoms with Crippen molar-refractivity contribution in [3.63, 3.8) is 0 Å². The molecule has 2 N–H and O–H groups in total. The van der Waals surface area contributed by atoms with Crippen molar-refractivity contribution in [1.29, 1.82) is 0 Å². The monoisotopic (exact) mass is 339 g/mol. The molecule has 2 aromatic rings. The van der Waals surface area contributed by atoms with Crippen LogP contribution < -0.4 is 15.4 Å². The van der Waals surface area contributed by atoms with Crippen LogP contribution in [0.1, 0.15) is 17.7 Å². The Morgan fingerprint density at radius 3 is 2.76 bits per heavy atom. The van der Waals surface area contributed by atoms with E-state index in [4.69, 9.17) is 4.74 Å². The van der Waals surface area contributed by atoms with Gasteiger partial charge in [-0.3, -0.25) is 0 Å². The van der Waals surface area contributed by atoms with Crippen molar-refractivity contribution in [2.45, 2.75) is 13.3 Å². The fourth-order valence-corrected chi connectivity index (χ4v) is 3.01. The number of ether oxygens (including phenoxy) is 1. The minimum absolute atomic E-state index is 0.579. The topological polar surface area (TPSA) is 62.3 Å². The molecule has 0 saturated carbocycles. The lowest BCUT2D eigenvalue weighted by Crippen LogP contribution is -2.25. The van der Waals surface area contributed by atoms with Crippen molar-refractivity contribution in [2.24, 2.45) is 0 Å². The first-order valence-electron chi connectivity index (χ1n) is 8.45. The molecule has 6 heteroatoms. The first-order chi connectivity index (χ1) is 12.1. The Hall–Kier alpha value is -2.60. The van der Waals surface area contributed by atoms with Gasteiger partial charge in [-0.05, 0) is 44.2 Å².